The third-order valence-corrected chi connectivity index (χ3v) is 2.02. The molecule has 1 aromatic rings. The summed E-state index contributed by atoms with van der Waals surface area (Å²) < 4.78 is 0. The average Bonchev–Trinajstić information content (AvgIpc) is 2.21. The number of phenols is 1. The molecular formula is C12H16N2O2. The molecule has 0 aromatic heterocycles. The number of rotatable bonds is 3. The summed E-state index contributed by atoms with van der Waals surface area (Å²) >= 11 is 0. The molecule has 1 aromatic carbocycles. The highest BCUT2D eigenvalue weighted by Gasteiger charge is 2.11. The van der Waals surface area contributed by atoms with Crippen LogP contribution in [0.15, 0.2) is 23.3 Å². The van der Waals surface area contributed by atoms with Crippen LogP contribution in [0.4, 0.5) is 0 Å². The van der Waals surface area contributed by atoms with Gasteiger partial charge in [0, 0.05) is 6.21 Å². The normalized spacial score (nSPS) is 11.0. The van der Waals surface area contributed by atoms with Gasteiger partial charge < -0.3 is 5.11 Å². The smallest absolute Gasteiger partial charge is 0.275 e. The summed E-state index contributed by atoms with van der Waals surface area (Å²) in [5, 5.41) is 13.4. The molecule has 1 rings (SSSR count). The molecule has 86 valence electrons. The molecule has 0 saturated carbocycles. The van der Waals surface area contributed by atoms with Crippen LogP contribution < -0.4 is 5.43 Å². The fraction of sp³-hybridized carbons (Fsp3) is 0.333. The van der Waals surface area contributed by atoms with Gasteiger partial charge in [0.2, 0.25) is 0 Å². The van der Waals surface area contributed by atoms with E-state index in [0.717, 1.165) is 0 Å². The summed E-state index contributed by atoms with van der Waals surface area (Å²) in [7, 11) is 0. The van der Waals surface area contributed by atoms with Crippen molar-refractivity contribution in [3.05, 3.63) is 29.3 Å². The zero-order valence-electron chi connectivity index (χ0n) is 9.69. The number of para-hydroxylation sites is 1. The topological polar surface area (TPSA) is 61.7 Å². The summed E-state index contributed by atoms with van der Waals surface area (Å²) in [5.41, 5.74) is 3.27. The van der Waals surface area contributed by atoms with Gasteiger partial charge in [-0.05, 0) is 24.5 Å². The highest BCUT2D eigenvalue weighted by molar-refractivity contribution is 5.97. The maximum atomic E-state index is 11.6. The number of benzene rings is 1. The number of aromatic hydroxyl groups is 1. The van der Waals surface area contributed by atoms with Gasteiger partial charge in [-0.1, -0.05) is 26.0 Å². The first kappa shape index (κ1) is 12.2. The van der Waals surface area contributed by atoms with Gasteiger partial charge in [-0.2, -0.15) is 5.10 Å². The number of hydrogen-bond donors (Lipinski definition) is 2. The van der Waals surface area contributed by atoms with E-state index in [-0.39, 0.29) is 17.2 Å². The predicted molar refractivity (Wildman–Crippen MR) is 63.6 cm³/mol. The lowest BCUT2D eigenvalue weighted by Gasteiger charge is -2.05. The average molecular weight is 220 g/mol. The van der Waals surface area contributed by atoms with Gasteiger partial charge >= 0.3 is 0 Å². The highest BCUT2D eigenvalue weighted by Crippen LogP contribution is 2.20. The van der Waals surface area contributed by atoms with Crippen molar-refractivity contribution in [2.75, 3.05) is 0 Å². The monoisotopic (exact) mass is 220 g/mol. The van der Waals surface area contributed by atoms with Crippen LogP contribution in [0, 0.1) is 12.8 Å². The molecule has 0 heterocycles. The van der Waals surface area contributed by atoms with Crippen LogP contribution in [0.3, 0.4) is 0 Å². The number of hydrazone groups is 1. The number of carbonyl (C=O) groups excluding carboxylic acids is 1. The van der Waals surface area contributed by atoms with Crippen LogP contribution in [0.25, 0.3) is 0 Å². The van der Waals surface area contributed by atoms with Crippen LogP contribution >= 0.6 is 0 Å². The lowest BCUT2D eigenvalue weighted by molar-refractivity contribution is 0.0952. The van der Waals surface area contributed by atoms with Gasteiger partial charge in [-0.25, -0.2) is 5.43 Å². The largest absolute Gasteiger partial charge is 0.507 e. The van der Waals surface area contributed by atoms with E-state index in [9.17, 15) is 9.90 Å². The van der Waals surface area contributed by atoms with Gasteiger partial charge in [0.05, 0.1) is 5.56 Å². The Labute approximate surface area is 95.0 Å². The number of nitrogens with zero attached hydrogens (tertiary/aromatic N) is 1. The van der Waals surface area contributed by atoms with Gasteiger partial charge in [0.15, 0.2) is 0 Å². The van der Waals surface area contributed by atoms with Gasteiger partial charge in [0.1, 0.15) is 5.75 Å². The van der Waals surface area contributed by atoms with E-state index in [1.54, 1.807) is 31.3 Å². The number of phenolic OH excluding ortho intramolecular Hbond substituents is 1. The van der Waals surface area contributed by atoms with E-state index in [1.807, 2.05) is 13.8 Å². The SMILES string of the molecule is Cc1cccc(C(=O)NN=CC(C)C)c1O. The van der Waals surface area contributed by atoms with E-state index < -0.39 is 5.91 Å². The van der Waals surface area contributed by atoms with Crippen molar-refractivity contribution < 1.29 is 9.90 Å². The first-order valence-corrected chi connectivity index (χ1v) is 5.14. The summed E-state index contributed by atoms with van der Waals surface area (Å²) in [6.45, 7) is 5.66. The highest BCUT2D eigenvalue weighted by atomic mass is 16.3. The Bertz CT molecular complexity index is 411. The lowest BCUT2D eigenvalue weighted by atomic mass is 10.1. The first-order valence-electron chi connectivity index (χ1n) is 5.14. The fourth-order valence-electron chi connectivity index (χ4n) is 1.15. The second-order valence-corrected chi connectivity index (χ2v) is 3.93. The van der Waals surface area contributed by atoms with E-state index in [0.29, 0.717) is 5.56 Å². The van der Waals surface area contributed by atoms with Crippen molar-refractivity contribution in [3.8, 4) is 5.75 Å². The Balaban J connectivity index is 2.78. The molecule has 0 atom stereocenters. The minimum Gasteiger partial charge on any atom is -0.507 e. The number of amides is 1. The molecule has 0 fully saturated rings. The van der Waals surface area contributed by atoms with E-state index in [2.05, 4.69) is 10.5 Å². The van der Waals surface area contributed by atoms with E-state index >= 15 is 0 Å². The molecule has 0 unspecified atom stereocenters. The molecule has 0 radical (unpaired) electrons. The van der Waals surface area contributed by atoms with Crippen LogP contribution in [0.1, 0.15) is 29.8 Å². The number of aryl methyl sites for hydroxylation is 1. The van der Waals surface area contributed by atoms with Gasteiger partial charge in [-0.15, -0.1) is 0 Å². The minimum atomic E-state index is -0.405. The van der Waals surface area contributed by atoms with Gasteiger partial charge in [-0.3, -0.25) is 4.79 Å². The molecule has 0 spiro atoms. The number of hydrogen-bond acceptors (Lipinski definition) is 3. The Kier molecular flexibility index (Phi) is 4.05. The van der Waals surface area contributed by atoms with Crippen molar-refractivity contribution in [1.29, 1.82) is 0 Å². The van der Waals surface area contributed by atoms with E-state index in [1.165, 1.54) is 0 Å². The molecule has 0 saturated heterocycles. The molecule has 4 nitrogen and oxygen atoms in total. The molecule has 0 aliphatic carbocycles. The molecule has 1 amide bonds. The molecule has 0 aliphatic heterocycles. The Morgan fingerprint density at radius 2 is 2.19 bits per heavy atom. The lowest BCUT2D eigenvalue weighted by Crippen LogP contribution is -2.18. The Hall–Kier alpha value is -1.84. The third-order valence-electron chi connectivity index (χ3n) is 2.02. The maximum absolute atomic E-state index is 11.6. The Morgan fingerprint density at radius 3 is 2.81 bits per heavy atom. The summed E-state index contributed by atoms with van der Waals surface area (Å²) in [6.07, 6.45) is 1.63. The minimum absolute atomic E-state index is 0.000234. The van der Waals surface area contributed by atoms with Crippen LogP contribution in [0.5, 0.6) is 5.75 Å². The van der Waals surface area contributed by atoms with Crippen LogP contribution in [0.2, 0.25) is 0 Å². The summed E-state index contributed by atoms with van der Waals surface area (Å²) in [5.74, 6) is -0.135. The van der Waals surface area contributed by atoms with Crippen molar-refractivity contribution in [1.82, 2.24) is 5.43 Å². The third kappa shape index (κ3) is 3.08. The second kappa shape index (κ2) is 5.30. The first-order chi connectivity index (χ1) is 7.52. The molecular weight excluding hydrogens is 204 g/mol. The van der Waals surface area contributed by atoms with Gasteiger partial charge in [0.25, 0.3) is 5.91 Å². The molecule has 0 bridgehead atoms. The zero-order chi connectivity index (χ0) is 12.1. The van der Waals surface area contributed by atoms with Crippen molar-refractivity contribution in [3.63, 3.8) is 0 Å². The fourth-order valence-corrected chi connectivity index (χ4v) is 1.15. The molecule has 2 N–H and O–H groups in total. The predicted octanol–water partition coefficient (Wildman–Crippen LogP) is 2.07. The number of carbonyl (C=O) groups is 1. The van der Waals surface area contributed by atoms with Crippen molar-refractivity contribution in [2.24, 2.45) is 11.0 Å². The Morgan fingerprint density at radius 1 is 1.50 bits per heavy atom. The van der Waals surface area contributed by atoms with Crippen molar-refractivity contribution >= 4 is 12.1 Å². The quantitative estimate of drug-likeness (QED) is 0.605. The standard InChI is InChI=1S/C12H16N2O2/c1-8(2)7-13-14-12(16)10-6-4-5-9(3)11(10)15/h4-8,15H,1-3H3,(H,14,16). The maximum Gasteiger partial charge on any atom is 0.275 e. The van der Waals surface area contributed by atoms with E-state index in [4.69, 9.17) is 0 Å². The molecule has 0 aliphatic rings. The molecule has 4 heteroatoms. The number of nitrogens with one attached hydrogen (secondary N) is 1. The van der Waals surface area contributed by atoms with Crippen LogP contribution in [-0.2, 0) is 0 Å². The zero-order valence-corrected chi connectivity index (χ0v) is 9.69. The second-order valence-electron chi connectivity index (χ2n) is 3.93. The summed E-state index contributed by atoms with van der Waals surface area (Å²) in [6, 6.07) is 5.02. The van der Waals surface area contributed by atoms with Crippen LogP contribution in [-0.4, -0.2) is 17.2 Å². The molecule has 16 heavy (non-hydrogen) atoms. The summed E-state index contributed by atoms with van der Waals surface area (Å²) in [4.78, 5) is 11.6. The van der Waals surface area contributed by atoms with Crippen molar-refractivity contribution in [2.45, 2.75) is 20.8 Å².